The number of aromatic amines is 1. The number of H-pyrrole nitrogens is 1. The van der Waals surface area contributed by atoms with Gasteiger partial charge >= 0.3 is 5.97 Å². The number of ether oxygens (including phenoxy) is 1. The summed E-state index contributed by atoms with van der Waals surface area (Å²) in [5, 5.41) is 0.678. The van der Waals surface area contributed by atoms with Crippen molar-refractivity contribution in [3.8, 4) is 0 Å². The van der Waals surface area contributed by atoms with Gasteiger partial charge in [0.15, 0.2) is 5.78 Å². The Hall–Kier alpha value is -2.07. The minimum atomic E-state index is -0.407. The van der Waals surface area contributed by atoms with Crippen LogP contribution in [-0.4, -0.2) is 23.3 Å². The molecule has 1 N–H and O–H groups in total. The Morgan fingerprint density at radius 1 is 1.30 bits per heavy atom. The molecule has 0 bridgehead atoms. The zero-order chi connectivity index (χ0) is 16.6. The summed E-state index contributed by atoms with van der Waals surface area (Å²) >= 11 is 5.92. The normalized spacial score (nSPS) is 17.0. The van der Waals surface area contributed by atoms with E-state index in [1.165, 1.54) is 0 Å². The maximum atomic E-state index is 12.6. The average Bonchev–Trinajstić information content (AvgIpc) is 2.86. The van der Waals surface area contributed by atoms with Crippen LogP contribution in [-0.2, 0) is 11.2 Å². The fourth-order valence-corrected chi connectivity index (χ4v) is 3.34. The summed E-state index contributed by atoms with van der Waals surface area (Å²) in [6, 6.07) is 7.57. The minimum Gasteiger partial charge on any atom is -0.461 e. The number of halogens is 1. The lowest BCUT2D eigenvalue weighted by molar-refractivity contribution is 0.0519. The van der Waals surface area contributed by atoms with Crippen LogP contribution in [0.2, 0.25) is 5.02 Å². The molecule has 120 valence electrons. The highest BCUT2D eigenvalue weighted by atomic mass is 35.5. The Kier molecular flexibility index (Phi) is 4.26. The SMILES string of the molecule is CCOC(=O)c1[nH]c2c(c1C)C(=O)C[C@@H](c1ccc(Cl)cc1)C2. The number of Topliss-reactive ketones (excluding diaryl/α,β-unsaturated/α-hetero) is 1. The van der Waals surface area contributed by atoms with Crippen LogP contribution in [0.1, 0.15) is 56.9 Å². The van der Waals surface area contributed by atoms with Gasteiger partial charge in [0, 0.05) is 22.7 Å². The molecule has 1 aromatic heterocycles. The lowest BCUT2D eigenvalue weighted by Crippen LogP contribution is -2.18. The molecule has 4 nitrogen and oxygen atoms in total. The second kappa shape index (κ2) is 6.20. The minimum absolute atomic E-state index is 0.0653. The van der Waals surface area contributed by atoms with Crippen molar-refractivity contribution in [3.05, 3.63) is 57.4 Å². The Bertz CT molecular complexity index is 761. The smallest absolute Gasteiger partial charge is 0.355 e. The van der Waals surface area contributed by atoms with Gasteiger partial charge in [0.05, 0.1) is 6.61 Å². The van der Waals surface area contributed by atoms with Crippen LogP contribution in [0.25, 0.3) is 0 Å². The van der Waals surface area contributed by atoms with Crippen molar-refractivity contribution in [1.29, 1.82) is 0 Å². The molecule has 0 radical (unpaired) electrons. The van der Waals surface area contributed by atoms with Crippen LogP contribution in [0.3, 0.4) is 0 Å². The molecule has 0 fully saturated rings. The molecule has 1 aromatic carbocycles. The fraction of sp³-hybridized carbons (Fsp3) is 0.333. The Morgan fingerprint density at radius 3 is 2.65 bits per heavy atom. The summed E-state index contributed by atoms with van der Waals surface area (Å²) in [6.07, 6.45) is 1.14. The summed E-state index contributed by atoms with van der Waals surface area (Å²) in [6.45, 7) is 3.86. The average molecular weight is 332 g/mol. The summed E-state index contributed by atoms with van der Waals surface area (Å²) in [5.74, 6) is -0.244. The third kappa shape index (κ3) is 2.91. The topological polar surface area (TPSA) is 59.2 Å². The standard InChI is InChI=1S/C18H18ClNO3/c1-3-23-18(22)17-10(2)16-14(20-17)8-12(9-15(16)21)11-4-6-13(19)7-5-11/h4-7,12,20H,3,8-9H2,1-2H3/t12-/m0/s1. The number of hydrogen-bond acceptors (Lipinski definition) is 3. The Labute approximate surface area is 139 Å². The number of ketones is 1. The number of rotatable bonds is 3. The van der Waals surface area contributed by atoms with Gasteiger partial charge in [-0.05, 0) is 49.4 Å². The number of fused-ring (bicyclic) bond motifs is 1. The van der Waals surface area contributed by atoms with Gasteiger partial charge in [-0.3, -0.25) is 4.79 Å². The van der Waals surface area contributed by atoms with E-state index in [4.69, 9.17) is 16.3 Å². The van der Waals surface area contributed by atoms with E-state index < -0.39 is 5.97 Å². The van der Waals surface area contributed by atoms with Crippen LogP contribution >= 0.6 is 11.6 Å². The van der Waals surface area contributed by atoms with E-state index in [-0.39, 0.29) is 11.7 Å². The highest BCUT2D eigenvalue weighted by molar-refractivity contribution is 6.30. The van der Waals surface area contributed by atoms with Crippen molar-refractivity contribution in [2.75, 3.05) is 6.61 Å². The number of nitrogens with one attached hydrogen (secondary N) is 1. The van der Waals surface area contributed by atoms with Gasteiger partial charge in [0.25, 0.3) is 0 Å². The molecule has 0 saturated carbocycles. The van der Waals surface area contributed by atoms with Crippen molar-refractivity contribution in [2.24, 2.45) is 0 Å². The van der Waals surface area contributed by atoms with Crippen molar-refractivity contribution in [3.63, 3.8) is 0 Å². The first kappa shape index (κ1) is 15.8. The van der Waals surface area contributed by atoms with E-state index in [1.54, 1.807) is 13.8 Å². The monoisotopic (exact) mass is 331 g/mol. The van der Waals surface area contributed by atoms with E-state index in [9.17, 15) is 9.59 Å². The van der Waals surface area contributed by atoms with E-state index >= 15 is 0 Å². The molecule has 1 aliphatic rings. The highest BCUT2D eigenvalue weighted by Crippen LogP contribution is 2.35. The second-order valence-electron chi connectivity index (χ2n) is 5.78. The van der Waals surface area contributed by atoms with E-state index in [2.05, 4.69) is 4.98 Å². The van der Waals surface area contributed by atoms with Crippen LogP contribution in [0, 0.1) is 6.92 Å². The third-order valence-electron chi connectivity index (χ3n) is 4.31. The van der Waals surface area contributed by atoms with Crippen LogP contribution in [0.4, 0.5) is 0 Å². The fourth-order valence-electron chi connectivity index (χ4n) is 3.21. The van der Waals surface area contributed by atoms with Crippen molar-refractivity contribution in [1.82, 2.24) is 4.98 Å². The maximum absolute atomic E-state index is 12.6. The summed E-state index contributed by atoms with van der Waals surface area (Å²) in [7, 11) is 0. The maximum Gasteiger partial charge on any atom is 0.355 e. The van der Waals surface area contributed by atoms with E-state index in [0.29, 0.717) is 41.3 Å². The van der Waals surface area contributed by atoms with Gasteiger partial charge in [0.1, 0.15) is 5.69 Å². The van der Waals surface area contributed by atoms with Gasteiger partial charge in [0.2, 0.25) is 0 Å². The molecule has 1 aliphatic carbocycles. The lowest BCUT2D eigenvalue weighted by Gasteiger charge is -2.22. The summed E-state index contributed by atoms with van der Waals surface area (Å²) < 4.78 is 5.05. The molecular formula is C18H18ClNO3. The quantitative estimate of drug-likeness (QED) is 0.863. The number of carbonyl (C=O) groups excluding carboxylic acids is 2. The zero-order valence-electron chi connectivity index (χ0n) is 13.1. The molecule has 2 aromatic rings. The van der Waals surface area contributed by atoms with E-state index in [0.717, 1.165) is 11.3 Å². The Balaban J connectivity index is 1.94. The van der Waals surface area contributed by atoms with E-state index in [1.807, 2.05) is 24.3 Å². The molecule has 23 heavy (non-hydrogen) atoms. The molecule has 1 heterocycles. The van der Waals surface area contributed by atoms with Gasteiger partial charge in [-0.1, -0.05) is 23.7 Å². The second-order valence-corrected chi connectivity index (χ2v) is 6.22. The lowest BCUT2D eigenvalue weighted by atomic mass is 9.81. The van der Waals surface area contributed by atoms with Crippen LogP contribution in [0.5, 0.6) is 0 Å². The summed E-state index contributed by atoms with van der Waals surface area (Å²) in [5.41, 5.74) is 3.64. The molecule has 0 aliphatic heterocycles. The predicted molar refractivity (Wildman–Crippen MR) is 88.3 cm³/mol. The predicted octanol–water partition coefficient (Wildman–Crippen LogP) is 4.07. The summed E-state index contributed by atoms with van der Waals surface area (Å²) in [4.78, 5) is 27.7. The third-order valence-corrected chi connectivity index (χ3v) is 4.56. The molecule has 0 amide bonds. The molecular weight excluding hydrogens is 314 g/mol. The molecule has 0 unspecified atom stereocenters. The number of benzene rings is 1. The Morgan fingerprint density at radius 2 is 2.00 bits per heavy atom. The van der Waals surface area contributed by atoms with Crippen molar-refractivity contribution >= 4 is 23.4 Å². The first-order chi connectivity index (χ1) is 11.0. The molecule has 3 rings (SSSR count). The highest BCUT2D eigenvalue weighted by Gasteiger charge is 2.32. The van der Waals surface area contributed by atoms with Crippen molar-refractivity contribution in [2.45, 2.75) is 32.6 Å². The molecule has 0 saturated heterocycles. The zero-order valence-corrected chi connectivity index (χ0v) is 13.9. The molecule has 5 heteroatoms. The van der Waals surface area contributed by atoms with Crippen LogP contribution in [0.15, 0.2) is 24.3 Å². The first-order valence-corrected chi connectivity index (χ1v) is 8.06. The first-order valence-electron chi connectivity index (χ1n) is 7.68. The number of hydrogen-bond donors (Lipinski definition) is 1. The number of aromatic nitrogens is 1. The molecule has 1 atom stereocenters. The molecule has 0 spiro atoms. The number of esters is 1. The largest absolute Gasteiger partial charge is 0.461 e. The van der Waals surface area contributed by atoms with Gasteiger partial charge in [-0.25, -0.2) is 4.79 Å². The number of carbonyl (C=O) groups is 2. The van der Waals surface area contributed by atoms with Gasteiger partial charge < -0.3 is 9.72 Å². The van der Waals surface area contributed by atoms with Gasteiger partial charge in [-0.2, -0.15) is 0 Å². The van der Waals surface area contributed by atoms with Gasteiger partial charge in [-0.15, -0.1) is 0 Å². The van der Waals surface area contributed by atoms with Crippen LogP contribution < -0.4 is 0 Å². The van der Waals surface area contributed by atoms with Crippen molar-refractivity contribution < 1.29 is 14.3 Å².